The van der Waals surface area contributed by atoms with Crippen molar-refractivity contribution in [1.29, 1.82) is 0 Å². The number of hydrogen-bond donors (Lipinski definition) is 1. The first-order chi connectivity index (χ1) is 11.9. The van der Waals surface area contributed by atoms with Crippen molar-refractivity contribution in [3.8, 4) is 0 Å². The number of rotatable bonds is 7. The Balaban J connectivity index is 2.09. The summed E-state index contributed by atoms with van der Waals surface area (Å²) in [5.41, 5.74) is 3.03. The highest BCUT2D eigenvalue weighted by Gasteiger charge is 2.17. The van der Waals surface area contributed by atoms with Gasteiger partial charge in [0.1, 0.15) is 0 Å². The lowest BCUT2D eigenvalue weighted by Crippen LogP contribution is -2.07. The number of nitrogens with zero attached hydrogens (tertiary/aromatic N) is 3. The van der Waals surface area contributed by atoms with E-state index in [4.69, 9.17) is 27.9 Å². The average Bonchev–Trinajstić information content (AvgIpc) is 2.98. The molecular weight excluding hydrogens is 391 g/mol. The van der Waals surface area contributed by atoms with E-state index in [0.717, 1.165) is 0 Å². The van der Waals surface area contributed by atoms with Crippen molar-refractivity contribution in [3.05, 3.63) is 48.9 Å². The van der Waals surface area contributed by atoms with E-state index in [1.807, 2.05) is 0 Å². The first-order valence-corrected chi connectivity index (χ1v) is 8.57. The van der Waals surface area contributed by atoms with Gasteiger partial charge >= 0.3 is 5.97 Å². The number of benzene rings is 1. The summed E-state index contributed by atoms with van der Waals surface area (Å²) in [6, 6.07) is 2.59. The number of nitro benzene ring substituents is 1. The van der Waals surface area contributed by atoms with E-state index in [0.29, 0.717) is 17.4 Å². The molecule has 25 heavy (non-hydrogen) atoms. The number of halogens is 2. The Morgan fingerprint density at radius 3 is 2.96 bits per heavy atom. The molecule has 1 aromatic carbocycles. The topological polar surface area (TPSA) is 107 Å². The van der Waals surface area contributed by atoms with Gasteiger partial charge < -0.3 is 4.74 Å². The second-order valence-corrected chi connectivity index (χ2v) is 6.19. The van der Waals surface area contributed by atoms with Crippen LogP contribution in [0.4, 0.5) is 10.8 Å². The number of esters is 1. The van der Waals surface area contributed by atoms with Gasteiger partial charge in [0.2, 0.25) is 5.13 Å². The van der Waals surface area contributed by atoms with E-state index in [9.17, 15) is 14.9 Å². The molecule has 0 unspecified atom stereocenters. The molecule has 0 saturated carbocycles. The van der Waals surface area contributed by atoms with Crippen LogP contribution in [0, 0.1) is 10.1 Å². The smallest absolute Gasteiger partial charge is 0.311 e. The fourth-order valence-corrected chi connectivity index (χ4v) is 2.82. The molecule has 1 N–H and O–H groups in total. The number of aromatic nitrogens is 1. The second-order valence-electron chi connectivity index (χ2n) is 4.55. The molecule has 0 atom stereocenters. The minimum Gasteiger partial charge on any atom is -0.466 e. The quantitative estimate of drug-likeness (QED) is 0.325. The van der Waals surface area contributed by atoms with Crippen molar-refractivity contribution < 1.29 is 14.5 Å². The summed E-state index contributed by atoms with van der Waals surface area (Å²) >= 11 is 13.1. The van der Waals surface area contributed by atoms with E-state index in [2.05, 4.69) is 15.5 Å². The molecule has 2 rings (SSSR count). The number of hydrogen-bond acceptors (Lipinski definition) is 8. The van der Waals surface area contributed by atoms with Crippen LogP contribution in [0.5, 0.6) is 0 Å². The van der Waals surface area contributed by atoms with Crippen LogP contribution in [-0.2, 0) is 16.0 Å². The van der Waals surface area contributed by atoms with Crippen LogP contribution in [-0.4, -0.2) is 28.7 Å². The largest absolute Gasteiger partial charge is 0.466 e. The van der Waals surface area contributed by atoms with Gasteiger partial charge in [-0.3, -0.25) is 20.3 Å². The second kappa shape index (κ2) is 8.75. The van der Waals surface area contributed by atoms with Gasteiger partial charge in [0.15, 0.2) is 0 Å². The van der Waals surface area contributed by atoms with Gasteiger partial charge in [-0.15, -0.1) is 11.3 Å². The van der Waals surface area contributed by atoms with Gasteiger partial charge in [0, 0.05) is 11.4 Å². The zero-order chi connectivity index (χ0) is 18.4. The number of nitrogens with one attached hydrogen (secondary N) is 1. The Hall–Kier alpha value is -2.23. The van der Waals surface area contributed by atoms with Crippen molar-refractivity contribution in [3.63, 3.8) is 0 Å². The first-order valence-electron chi connectivity index (χ1n) is 6.93. The van der Waals surface area contributed by atoms with Crippen molar-refractivity contribution in [2.45, 2.75) is 13.3 Å². The number of hydrazone groups is 1. The maximum absolute atomic E-state index is 11.4. The first kappa shape index (κ1) is 19.1. The molecular formula is C14H12Cl2N4O4S. The van der Waals surface area contributed by atoms with Crippen molar-refractivity contribution in [2.24, 2.45) is 5.10 Å². The number of nitro groups is 1. The summed E-state index contributed by atoms with van der Waals surface area (Å²) in [7, 11) is 0. The van der Waals surface area contributed by atoms with Gasteiger partial charge in [-0.1, -0.05) is 23.2 Å². The van der Waals surface area contributed by atoms with E-state index in [1.54, 1.807) is 12.3 Å². The standard InChI is InChI=1S/C14H12Cl2N4O4S/c1-2-24-12(21)5-8-7-25-14(18-8)19-17-6-9-11(20(22)23)4-3-10(15)13(9)16/h3-4,6-7H,2,5H2,1H3,(H,18,19). The summed E-state index contributed by atoms with van der Waals surface area (Å²) in [4.78, 5) is 26.0. The number of ether oxygens (including phenoxy) is 1. The molecule has 1 aromatic heterocycles. The third-order valence-electron chi connectivity index (χ3n) is 2.84. The van der Waals surface area contributed by atoms with Crippen LogP contribution in [0.25, 0.3) is 0 Å². The van der Waals surface area contributed by atoms with E-state index in [1.165, 1.54) is 29.7 Å². The molecule has 8 nitrogen and oxygen atoms in total. The molecule has 11 heteroatoms. The zero-order valence-corrected chi connectivity index (χ0v) is 15.2. The zero-order valence-electron chi connectivity index (χ0n) is 12.9. The van der Waals surface area contributed by atoms with Crippen LogP contribution in [0.15, 0.2) is 22.6 Å². The Bertz CT molecular complexity index is 825. The summed E-state index contributed by atoms with van der Waals surface area (Å²) < 4.78 is 4.84. The molecule has 0 bridgehead atoms. The number of thiazole rings is 1. The third kappa shape index (κ3) is 5.12. The lowest BCUT2D eigenvalue weighted by Gasteiger charge is -2.02. The lowest BCUT2D eigenvalue weighted by molar-refractivity contribution is -0.385. The highest BCUT2D eigenvalue weighted by molar-refractivity contribution is 7.13. The summed E-state index contributed by atoms with van der Waals surface area (Å²) in [5.74, 6) is -0.371. The van der Waals surface area contributed by atoms with Crippen LogP contribution in [0.3, 0.4) is 0 Å². The van der Waals surface area contributed by atoms with Gasteiger partial charge in [-0.25, -0.2) is 4.98 Å². The Morgan fingerprint density at radius 2 is 2.28 bits per heavy atom. The Labute approximate surface area is 156 Å². The van der Waals surface area contributed by atoms with Gasteiger partial charge in [-0.2, -0.15) is 5.10 Å². The van der Waals surface area contributed by atoms with Crippen molar-refractivity contribution in [2.75, 3.05) is 12.0 Å². The maximum Gasteiger partial charge on any atom is 0.311 e. The summed E-state index contributed by atoms with van der Waals surface area (Å²) in [6.07, 6.45) is 1.25. The normalized spacial score (nSPS) is 10.8. The fourth-order valence-electron chi connectivity index (χ4n) is 1.79. The van der Waals surface area contributed by atoms with Crippen LogP contribution >= 0.6 is 34.5 Å². The fraction of sp³-hybridized carbons (Fsp3) is 0.214. The average molecular weight is 403 g/mol. The molecule has 0 aliphatic rings. The minimum atomic E-state index is -0.579. The van der Waals surface area contributed by atoms with Gasteiger partial charge in [0.25, 0.3) is 5.69 Å². The lowest BCUT2D eigenvalue weighted by atomic mass is 10.2. The highest BCUT2D eigenvalue weighted by atomic mass is 35.5. The number of carbonyl (C=O) groups is 1. The SMILES string of the molecule is CCOC(=O)Cc1csc(NN=Cc2c([N+](=O)[O-])ccc(Cl)c2Cl)n1. The van der Waals surface area contributed by atoms with Crippen LogP contribution in [0.2, 0.25) is 10.0 Å². The summed E-state index contributed by atoms with van der Waals surface area (Å²) in [6.45, 7) is 2.03. The van der Waals surface area contributed by atoms with Gasteiger partial charge in [0.05, 0.1) is 45.5 Å². The molecule has 0 amide bonds. The molecule has 0 fully saturated rings. The number of anilines is 1. The summed E-state index contributed by atoms with van der Waals surface area (Å²) in [5, 5.41) is 17.2. The molecule has 0 spiro atoms. The molecule has 0 radical (unpaired) electrons. The van der Waals surface area contributed by atoms with Crippen LogP contribution in [0.1, 0.15) is 18.2 Å². The maximum atomic E-state index is 11.4. The van der Waals surface area contributed by atoms with Crippen molar-refractivity contribution >= 4 is 57.5 Å². The monoisotopic (exact) mass is 402 g/mol. The minimum absolute atomic E-state index is 0.0311. The van der Waals surface area contributed by atoms with E-state index in [-0.39, 0.29) is 33.7 Å². The molecule has 132 valence electrons. The molecule has 2 aromatic rings. The van der Waals surface area contributed by atoms with Gasteiger partial charge in [-0.05, 0) is 13.0 Å². The van der Waals surface area contributed by atoms with E-state index < -0.39 is 4.92 Å². The molecule has 1 heterocycles. The van der Waals surface area contributed by atoms with Crippen molar-refractivity contribution in [1.82, 2.24) is 4.98 Å². The molecule has 0 aliphatic heterocycles. The predicted octanol–water partition coefficient (Wildman–Crippen LogP) is 3.91. The predicted molar refractivity (Wildman–Crippen MR) is 96.8 cm³/mol. The highest BCUT2D eigenvalue weighted by Crippen LogP contribution is 2.31. The van der Waals surface area contributed by atoms with E-state index >= 15 is 0 Å². The Morgan fingerprint density at radius 1 is 1.52 bits per heavy atom. The third-order valence-corrected chi connectivity index (χ3v) is 4.46. The Kier molecular flexibility index (Phi) is 6.68. The molecule has 0 saturated heterocycles. The van der Waals surface area contributed by atoms with Crippen LogP contribution < -0.4 is 5.43 Å². The molecule has 0 aliphatic carbocycles. The number of carbonyl (C=O) groups excluding carboxylic acids is 1.